The number of aliphatic carboxylic acids is 1. The summed E-state index contributed by atoms with van der Waals surface area (Å²) in [6.45, 7) is 3.12. The van der Waals surface area contributed by atoms with E-state index < -0.39 is 22.2 Å². The van der Waals surface area contributed by atoms with Crippen LogP contribution in [0.4, 0.5) is 0 Å². The van der Waals surface area contributed by atoms with Gasteiger partial charge in [0, 0.05) is 33.2 Å². The third-order valence-electron chi connectivity index (χ3n) is 2.78. The minimum Gasteiger partial charge on any atom is -0.480 e. The first kappa shape index (κ1) is 13.4. The summed E-state index contributed by atoms with van der Waals surface area (Å²) in [6, 6.07) is -0.570. The van der Waals surface area contributed by atoms with E-state index in [0.717, 1.165) is 0 Å². The summed E-state index contributed by atoms with van der Waals surface area (Å²) in [5.74, 6) is -0.884. The first-order valence-corrected chi connectivity index (χ1v) is 6.48. The van der Waals surface area contributed by atoms with Crippen molar-refractivity contribution in [3.8, 4) is 0 Å². The molecule has 1 aliphatic heterocycles. The van der Waals surface area contributed by atoms with Crippen molar-refractivity contribution in [2.75, 3.05) is 33.2 Å². The lowest BCUT2D eigenvalue weighted by Crippen LogP contribution is -2.54. The van der Waals surface area contributed by atoms with Crippen LogP contribution >= 0.6 is 0 Å². The zero-order valence-electron chi connectivity index (χ0n) is 9.38. The van der Waals surface area contributed by atoms with Gasteiger partial charge >= 0.3 is 5.97 Å². The Kier molecular flexibility index (Phi) is 4.25. The van der Waals surface area contributed by atoms with Gasteiger partial charge in [-0.05, 0) is 6.92 Å². The Labute approximate surface area is 95.2 Å². The van der Waals surface area contributed by atoms with Crippen LogP contribution in [0.1, 0.15) is 6.92 Å². The fourth-order valence-electron chi connectivity index (χ4n) is 1.62. The molecule has 0 aromatic carbocycles. The lowest BCUT2D eigenvalue weighted by Gasteiger charge is -2.35. The highest BCUT2D eigenvalue weighted by atomic mass is 32.2. The summed E-state index contributed by atoms with van der Waals surface area (Å²) in [4.78, 5) is 12.5. The Morgan fingerprint density at radius 1 is 1.31 bits per heavy atom. The van der Waals surface area contributed by atoms with Crippen LogP contribution in [0.3, 0.4) is 0 Å². The molecule has 1 aliphatic rings. The summed E-state index contributed by atoms with van der Waals surface area (Å²) < 4.78 is 26.4. The molecule has 1 rings (SSSR count). The summed E-state index contributed by atoms with van der Waals surface area (Å²) in [5.41, 5.74) is 0. The van der Waals surface area contributed by atoms with Gasteiger partial charge in [-0.3, -0.25) is 9.69 Å². The van der Waals surface area contributed by atoms with Crippen molar-refractivity contribution >= 4 is 16.2 Å². The Morgan fingerprint density at radius 3 is 2.19 bits per heavy atom. The molecule has 1 fully saturated rings. The topological polar surface area (TPSA) is 90.0 Å². The molecule has 0 bridgehead atoms. The summed E-state index contributed by atoms with van der Waals surface area (Å²) in [7, 11) is -2.02. The zero-order chi connectivity index (χ0) is 12.3. The number of hydrogen-bond acceptors (Lipinski definition) is 4. The van der Waals surface area contributed by atoms with Crippen LogP contribution in [-0.4, -0.2) is 68.0 Å². The molecule has 1 atom stereocenters. The quantitative estimate of drug-likeness (QED) is 0.637. The van der Waals surface area contributed by atoms with Gasteiger partial charge in [0.15, 0.2) is 0 Å². The normalized spacial score (nSPS) is 21.9. The van der Waals surface area contributed by atoms with E-state index >= 15 is 0 Å². The maximum absolute atomic E-state index is 11.4. The highest BCUT2D eigenvalue weighted by Crippen LogP contribution is 2.08. The Balaban J connectivity index is 2.55. The largest absolute Gasteiger partial charge is 0.480 e. The van der Waals surface area contributed by atoms with Gasteiger partial charge in [-0.15, -0.1) is 0 Å². The third kappa shape index (κ3) is 2.91. The zero-order valence-corrected chi connectivity index (χ0v) is 10.2. The maximum Gasteiger partial charge on any atom is 0.320 e. The van der Waals surface area contributed by atoms with Crippen molar-refractivity contribution < 1.29 is 18.3 Å². The van der Waals surface area contributed by atoms with Crippen molar-refractivity contribution in [1.82, 2.24) is 13.9 Å². The van der Waals surface area contributed by atoms with Gasteiger partial charge < -0.3 is 5.11 Å². The second kappa shape index (κ2) is 5.09. The van der Waals surface area contributed by atoms with E-state index in [1.165, 1.54) is 11.4 Å². The van der Waals surface area contributed by atoms with Crippen molar-refractivity contribution in [1.29, 1.82) is 0 Å². The fraction of sp³-hybridized carbons (Fsp3) is 0.875. The number of rotatable bonds is 4. The van der Waals surface area contributed by atoms with E-state index in [1.807, 2.05) is 0 Å². The standard InChI is InChI=1S/C8H17N3O4S/c1-7(8(12)13)10-3-5-11(6-4-10)16(14,15)9-2/h7,9H,3-6H2,1-2H3,(H,12,13). The summed E-state index contributed by atoms with van der Waals surface area (Å²) >= 11 is 0. The van der Waals surface area contributed by atoms with Gasteiger partial charge in [-0.25, -0.2) is 4.72 Å². The van der Waals surface area contributed by atoms with Gasteiger partial charge in [0.1, 0.15) is 6.04 Å². The molecule has 0 radical (unpaired) electrons. The van der Waals surface area contributed by atoms with Gasteiger partial charge in [0.05, 0.1) is 0 Å². The van der Waals surface area contributed by atoms with Crippen LogP contribution in [0.15, 0.2) is 0 Å². The first-order chi connectivity index (χ1) is 7.38. The Bertz CT molecular complexity index is 348. The average Bonchev–Trinajstić information content (AvgIpc) is 2.28. The molecule has 1 heterocycles. The Morgan fingerprint density at radius 2 is 1.81 bits per heavy atom. The second-order valence-electron chi connectivity index (χ2n) is 3.66. The predicted molar refractivity (Wildman–Crippen MR) is 58.2 cm³/mol. The molecule has 0 aromatic heterocycles. The molecule has 94 valence electrons. The monoisotopic (exact) mass is 251 g/mol. The number of nitrogens with one attached hydrogen (secondary N) is 1. The predicted octanol–water partition coefficient (Wildman–Crippen LogP) is -1.46. The number of carboxylic acids is 1. The fourth-order valence-corrected chi connectivity index (χ4v) is 2.52. The number of carbonyl (C=O) groups is 1. The molecule has 0 aliphatic carbocycles. The number of hydrogen-bond donors (Lipinski definition) is 2. The number of nitrogens with zero attached hydrogens (tertiary/aromatic N) is 2. The molecule has 0 spiro atoms. The molecule has 0 aromatic rings. The maximum atomic E-state index is 11.4. The van der Waals surface area contributed by atoms with Crippen molar-refractivity contribution in [2.45, 2.75) is 13.0 Å². The summed E-state index contributed by atoms with van der Waals surface area (Å²) in [5, 5.41) is 8.82. The van der Waals surface area contributed by atoms with Crippen LogP contribution in [0.5, 0.6) is 0 Å². The van der Waals surface area contributed by atoms with E-state index in [-0.39, 0.29) is 0 Å². The van der Waals surface area contributed by atoms with E-state index in [4.69, 9.17) is 5.11 Å². The van der Waals surface area contributed by atoms with E-state index in [1.54, 1.807) is 11.8 Å². The van der Waals surface area contributed by atoms with Crippen molar-refractivity contribution in [2.24, 2.45) is 0 Å². The minimum atomic E-state index is -3.38. The smallest absolute Gasteiger partial charge is 0.320 e. The van der Waals surface area contributed by atoms with Gasteiger partial charge in [0.2, 0.25) is 0 Å². The molecule has 8 heteroatoms. The molecule has 16 heavy (non-hydrogen) atoms. The Hall–Kier alpha value is -0.700. The highest BCUT2D eigenvalue weighted by molar-refractivity contribution is 7.87. The SMILES string of the molecule is CNS(=O)(=O)N1CCN(C(C)C(=O)O)CC1. The van der Waals surface area contributed by atoms with Crippen molar-refractivity contribution in [3.63, 3.8) is 0 Å². The second-order valence-corrected chi connectivity index (χ2v) is 5.53. The molecular weight excluding hydrogens is 234 g/mol. The van der Waals surface area contributed by atoms with Gasteiger partial charge in [0.25, 0.3) is 10.2 Å². The summed E-state index contributed by atoms with van der Waals surface area (Å²) in [6.07, 6.45) is 0. The molecule has 2 N–H and O–H groups in total. The van der Waals surface area contributed by atoms with E-state index in [0.29, 0.717) is 26.2 Å². The van der Waals surface area contributed by atoms with Gasteiger partial charge in [-0.2, -0.15) is 12.7 Å². The number of piperazine rings is 1. The van der Waals surface area contributed by atoms with E-state index in [2.05, 4.69) is 4.72 Å². The molecule has 7 nitrogen and oxygen atoms in total. The molecule has 1 saturated heterocycles. The highest BCUT2D eigenvalue weighted by Gasteiger charge is 2.29. The minimum absolute atomic E-state index is 0.320. The third-order valence-corrected chi connectivity index (χ3v) is 4.34. The van der Waals surface area contributed by atoms with Gasteiger partial charge in [-0.1, -0.05) is 0 Å². The first-order valence-electron chi connectivity index (χ1n) is 5.04. The lowest BCUT2D eigenvalue weighted by atomic mass is 10.2. The van der Waals surface area contributed by atoms with Crippen LogP contribution in [0, 0.1) is 0 Å². The molecule has 0 amide bonds. The van der Waals surface area contributed by atoms with Crippen LogP contribution in [-0.2, 0) is 15.0 Å². The molecule has 1 unspecified atom stereocenters. The molecule has 0 saturated carbocycles. The lowest BCUT2D eigenvalue weighted by molar-refractivity contribution is -0.143. The van der Waals surface area contributed by atoms with Crippen LogP contribution in [0.2, 0.25) is 0 Å². The average molecular weight is 251 g/mol. The number of carboxylic acid groups (broad SMARTS) is 1. The van der Waals surface area contributed by atoms with E-state index in [9.17, 15) is 13.2 Å². The van der Waals surface area contributed by atoms with Crippen LogP contribution in [0.25, 0.3) is 0 Å². The molecular formula is C8H17N3O4S. The van der Waals surface area contributed by atoms with Crippen molar-refractivity contribution in [3.05, 3.63) is 0 Å². The van der Waals surface area contributed by atoms with Crippen LogP contribution < -0.4 is 4.72 Å².